The second kappa shape index (κ2) is 8.26. The second-order valence-corrected chi connectivity index (χ2v) is 6.50. The van der Waals surface area contributed by atoms with Gasteiger partial charge in [0.2, 0.25) is 5.91 Å². The number of carbonyl (C=O) groups excluding carboxylic acids is 4. The minimum absolute atomic E-state index is 0.210. The van der Waals surface area contributed by atoms with Crippen molar-refractivity contribution in [1.29, 1.82) is 0 Å². The van der Waals surface area contributed by atoms with E-state index in [1.165, 1.54) is 4.90 Å². The molecule has 2 saturated heterocycles. The smallest absolute Gasteiger partial charge is 0.326 e. The summed E-state index contributed by atoms with van der Waals surface area (Å²) >= 11 is 0. The molecule has 3 amide bonds. The van der Waals surface area contributed by atoms with Gasteiger partial charge in [0.05, 0.1) is 6.61 Å². The van der Waals surface area contributed by atoms with Crippen LogP contribution in [0.15, 0.2) is 24.3 Å². The number of aryl methyl sites for hydroxylation is 1. The van der Waals surface area contributed by atoms with E-state index in [9.17, 15) is 19.2 Å². The molecule has 10 heteroatoms. The van der Waals surface area contributed by atoms with E-state index < -0.39 is 36.5 Å². The maximum atomic E-state index is 12.4. The first kappa shape index (κ1) is 19.6. The summed E-state index contributed by atoms with van der Waals surface area (Å²) < 4.78 is 4.73. The molecule has 0 aromatic heterocycles. The van der Waals surface area contributed by atoms with Gasteiger partial charge in [-0.2, -0.15) is 5.43 Å². The molecule has 0 saturated carbocycles. The van der Waals surface area contributed by atoms with Gasteiger partial charge in [-0.3, -0.25) is 29.1 Å². The molecule has 10 nitrogen and oxygen atoms in total. The number of fused-ring (bicyclic) bond motifs is 1. The lowest BCUT2D eigenvalue weighted by Crippen LogP contribution is -2.68. The molecule has 1 atom stereocenters. The number of rotatable bonds is 6. The van der Waals surface area contributed by atoms with Crippen molar-refractivity contribution in [2.24, 2.45) is 0 Å². The zero-order valence-corrected chi connectivity index (χ0v) is 15.8. The Labute approximate surface area is 162 Å². The van der Waals surface area contributed by atoms with Crippen molar-refractivity contribution in [2.75, 3.05) is 37.7 Å². The fourth-order valence-corrected chi connectivity index (χ4v) is 3.12. The summed E-state index contributed by atoms with van der Waals surface area (Å²) in [5.41, 5.74) is 4.96. The van der Waals surface area contributed by atoms with Crippen LogP contribution >= 0.6 is 0 Å². The first-order chi connectivity index (χ1) is 13.4. The van der Waals surface area contributed by atoms with Gasteiger partial charge in [0.25, 0.3) is 0 Å². The number of anilines is 1. The molecule has 2 N–H and O–H groups in total. The maximum absolute atomic E-state index is 12.4. The molecule has 0 spiro atoms. The Kier molecular flexibility index (Phi) is 5.78. The van der Waals surface area contributed by atoms with Crippen molar-refractivity contribution in [3.63, 3.8) is 0 Å². The van der Waals surface area contributed by atoms with Crippen LogP contribution in [0.5, 0.6) is 0 Å². The van der Waals surface area contributed by atoms with Crippen LogP contribution in [0.2, 0.25) is 0 Å². The van der Waals surface area contributed by atoms with Gasteiger partial charge in [0.15, 0.2) is 6.29 Å². The van der Waals surface area contributed by atoms with Gasteiger partial charge < -0.3 is 15.0 Å². The molecule has 2 aliphatic rings. The topological polar surface area (TPSA) is 111 Å². The third-order valence-corrected chi connectivity index (χ3v) is 4.54. The Morgan fingerprint density at radius 3 is 2.50 bits per heavy atom. The van der Waals surface area contributed by atoms with E-state index in [1.807, 2.05) is 36.1 Å². The number of nitrogens with one attached hydrogen (secondary N) is 2. The Bertz CT molecular complexity index is 781. The average molecular weight is 389 g/mol. The summed E-state index contributed by atoms with van der Waals surface area (Å²) in [6.45, 7) is 4.12. The van der Waals surface area contributed by atoms with Gasteiger partial charge >= 0.3 is 17.8 Å². The van der Waals surface area contributed by atoms with Crippen LogP contribution in [-0.2, 0) is 23.9 Å². The number of amides is 3. The van der Waals surface area contributed by atoms with Gasteiger partial charge in [-0.1, -0.05) is 17.7 Å². The third-order valence-electron chi connectivity index (χ3n) is 4.54. The molecule has 150 valence electrons. The SMILES string of the molecule is CCOC(=O)CNC(=O)CN1NC2N(CCN2c2ccc(C)cc2)C(=O)C1=O. The zero-order valence-electron chi connectivity index (χ0n) is 15.8. The van der Waals surface area contributed by atoms with E-state index in [0.717, 1.165) is 16.3 Å². The van der Waals surface area contributed by atoms with E-state index in [-0.39, 0.29) is 13.2 Å². The molecule has 1 aromatic rings. The third kappa shape index (κ3) is 4.06. The highest BCUT2D eigenvalue weighted by atomic mass is 16.5. The molecule has 2 aliphatic heterocycles. The van der Waals surface area contributed by atoms with E-state index >= 15 is 0 Å². The standard InChI is InChI=1S/C18H23N5O5/c1-3-28-15(25)10-19-14(24)11-23-17(27)16(26)22-9-8-21(18(22)20-23)13-6-4-12(2)5-7-13/h4-7,18,20H,3,8-11H2,1-2H3,(H,19,24). The van der Waals surface area contributed by atoms with Crippen LogP contribution in [0.25, 0.3) is 0 Å². The number of hydrogen-bond acceptors (Lipinski definition) is 7. The monoisotopic (exact) mass is 389 g/mol. The lowest BCUT2D eigenvalue weighted by molar-refractivity contribution is -0.163. The highest BCUT2D eigenvalue weighted by Crippen LogP contribution is 2.25. The molecule has 0 radical (unpaired) electrons. The fraction of sp³-hybridized carbons (Fsp3) is 0.444. The zero-order chi connectivity index (χ0) is 20.3. The number of esters is 1. The molecule has 1 unspecified atom stereocenters. The van der Waals surface area contributed by atoms with Crippen LogP contribution < -0.4 is 15.6 Å². The van der Waals surface area contributed by atoms with Crippen molar-refractivity contribution < 1.29 is 23.9 Å². The van der Waals surface area contributed by atoms with Crippen molar-refractivity contribution in [3.8, 4) is 0 Å². The quantitative estimate of drug-likeness (QED) is 0.472. The molecule has 3 rings (SSSR count). The van der Waals surface area contributed by atoms with Gasteiger partial charge in [0, 0.05) is 18.8 Å². The summed E-state index contributed by atoms with van der Waals surface area (Å²) in [5, 5.41) is 3.36. The van der Waals surface area contributed by atoms with Crippen molar-refractivity contribution >= 4 is 29.4 Å². The largest absolute Gasteiger partial charge is 0.465 e. The summed E-state index contributed by atoms with van der Waals surface area (Å²) in [5.74, 6) is -2.63. The maximum Gasteiger partial charge on any atom is 0.326 e. The Hall–Kier alpha value is -3.14. The predicted octanol–water partition coefficient (Wildman–Crippen LogP) is -1.05. The highest BCUT2D eigenvalue weighted by molar-refractivity contribution is 6.35. The van der Waals surface area contributed by atoms with E-state index in [2.05, 4.69) is 10.7 Å². The van der Waals surface area contributed by atoms with Crippen molar-refractivity contribution in [2.45, 2.75) is 20.1 Å². The van der Waals surface area contributed by atoms with Crippen molar-refractivity contribution in [3.05, 3.63) is 29.8 Å². The molecular weight excluding hydrogens is 366 g/mol. The lowest BCUT2D eigenvalue weighted by Gasteiger charge is -2.40. The first-order valence-corrected chi connectivity index (χ1v) is 9.05. The van der Waals surface area contributed by atoms with Crippen molar-refractivity contribution in [1.82, 2.24) is 20.7 Å². The Morgan fingerprint density at radius 2 is 1.82 bits per heavy atom. The number of hydrogen-bond donors (Lipinski definition) is 2. The Balaban J connectivity index is 1.66. The van der Waals surface area contributed by atoms with Gasteiger partial charge in [-0.25, -0.2) is 0 Å². The minimum atomic E-state index is -0.812. The predicted molar refractivity (Wildman–Crippen MR) is 98.5 cm³/mol. The van der Waals surface area contributed by atoms with Gasteiger partial charge in [0.1, 0.15) is 13.1 Å². The summed E-state index contributed by atoms with van der Waals surface area (Å²) in [6, 6.07) is 7.82. The molecule has 28 heavy (non-hydrogen) atoms. The fourth-order valence-electron chi connectivity index (χ4n) is 3.12. The van der Waals surface area contributed by atoms with Gasteiger partial charge in [-0.05, 0) is 26.0 Å². The molecule has 1 aromatic carbocycles. The Morgan fingerprint density at radius 1 is 1.14 bits per heavy atom. The highest BCUT2D eigenvalue weighted by Gasteiger charge is 2.45. The van der Waals surface area contributed by atoms with Crippen LogP contribution in [0.3, 0.4) is 0 Å². The average Bonchev–Trinajstić information content (AvgIpc) is 3.09. The normalized spacial score (nSPS) is 18.9. The number of nitrogens with zero attached hydrogens (tertiary/aromatic N) is 3. The number of hydrazine groups is 1. The molecule has 2 heterocycles. The molecular formula is C18H23N5O5. The van der Waals surface area contributed by atoms with Crippen LogP contribution in [0, 0.1) is 6.92 Å². The van der Waals surface area contributed by atoms with E-state index in [4.69, 9.17) is 4.74 Å². The summed E-state index contributed by atoms with van der Waals surface area (Å²) in [4.78, 5) is 51.5. The second-order valence-electron chi connectivity index (χ2n) is 6.50. The lowest BCUT2D eigenvalue weighted by atomic mass is 10.2. The summed E-state index contributed by atoms with van der Waals surface area (Å²) in [6.07, 6.45) is -0.564. The number of ether oxygens (including phenoxy) is 1. The molecule has 0 aliphatic carbocycles. The molecule has 2 fully saturated rings. The number of carbonyl (C=O) groups is 4. The van der Waals surface area contributed by atoms with Crippen LogP contribution in [0.1, 0.15) is 12.5 Å². The summed E-state index contributed by atoms with van der Waals surface area (Å²) in [7, 11) is 0. The van der Waals surface area contributed by atoms with Crippen LogP contribution in [-0.4, -0.2) is 72.7 Å². The van der Waals surface area contributed by atoms with E-state index in [1.54, 1.807) is 6.92 Å². The number of benzene rings is 1. The first-order valence-electron chi connectivity index (χ1n) is 9.05. The van der Waals surface area contributed by atoms with E-state index in [0.29, 0.717) is 13.1 Å². The van der Waals surface area contributed by atoms with Gasteiger partial charge in [-0.15, -0.1) is 0 Å². The molecule has 0 bridgehead atoms. The van der Waals surface area contributed by atoms with Crippen LogP contribution in [0.4, 0.5) is 5.69 Å². The minimum Gasteiger partial charge on any atom is -0.465 e.